The molecule has 5 nitrogen and oxygen atoms in total. The average Bonchev–Trinajstić information content (AvgIpc) is 2.83. The Hall–Kier alpha value is -2.17. The zero-order valence-electron chi connectivity index (χ0n) is 9.73. The molecule has 0 saturated heterocycles. The number of carbonyl (C=O) groups is 1. The highest BCUT2D eigenvalue weighted by Gasteiger charge is 2.13. The van der Waals surface area contributed by atoms with Crippen LogP contribution in [0.3, 0.4) is 0 Å². The van der Waals surface area contributed by atoms with Crippen LogP contribution in [0.4, 0.5) is 0 Å². The number of aryl methyl sites for hydroxylation is 1. The van der Waals surface area contributed by atoms with E-state index in [9.17, 15) is 4.79 Å². The summed E-state index contributed by atoms with van der Waals surface area (Å²) in [6.45, 7) is 1.97. The van der Waals surface area contributed by atoms with Crippen molar-refractivity contribution >= 4 is 5.78 Å². The molecule has 0 atom stereocenters. The third kappa shape index (κ3) is 2.50. The van der Waals surface area contributed by atoms with Gasteiger partial charge in [0.1, 0.15) is 12.1 Å². The van der Waals surface area contributed by atoms with Crippen molar-refractivity contribution in [3.8, 4) is 5.75 Å². The molecule has 1 heterocycles. The molecule has 0 bridgehead atoms. The number of H-pyrrole nitrogens is 1. The van der Waals surface area contributed by atoms with E-state index < -0.39 is 0 Å². The van der Waals surface area contributed by atoms with Crippen molar-refractivity contribution in [1.82, 2.24) is 15.2 Å². The third-order valence-corrected chi connectivity index (χ3v) is 2.47. The highest BCUT2D eigenvalue weighted by atomic mass is 16.5. The zero-order valence-corrected chi connectivity index (χ0v) is 9.73. The molecule has 0 amide bonds. The minimum atomic E-state index is -0.105. The van der Waals surface area contributed by atoms with Gasteiger partial charge in [-0.05, 0) is 13.0 Å². The summed E-state index contributed by atoms with van der Waals surface area (Å²) in [5.74, 6) is 0.878. The largest absolute Gasteiger partial charge is 0.496 e. The number of benzene rings is 1. The molecule has 5 heteroatoms. The minimum Gasteiger partial charge on any atom is -0.496 e. The first-order chi connectivity index (χ1) is 8.20. The molecule has 0 unspecified atom stereocenters. The van der Waals surface area contributed by atoms with Crippen molar-refractivity contribution in [1.29, 1.82) is 0 Å². The molecule has 1 aromatic carbocycles. The Bertz CT molecular complexity index is 521. The van der Waals surface area contributed by atoms with Crippen LogP contribution in [0.15, 0.2) is 24.5 Å². The number of aromatic amines is 1. The Kier molecular flexibility index (Phi) is 3.18. The van der Waals surface area contributed by atoms with Crippen molar-refractivity contribution in [2.45, 2.75) is 13.3 Å². The molecule has 0 radical (unpaired) electrons. The smallest absolute Gasteiger partial charge is 0.204 e. The second-order valence-corrected chi connectivity index (χ2v) is 3.75. The van der Waals surface area contributed by atoms with Crippen LogP contribution in [0, 0.1) is 6.92 Å². The van der Waals surface area contributed by atoms with Gasteiger partial charge in [-0.15, -0.1) is 0 Å². The summed E-state index contributed by atoms with van der Waals surface area (Å²) in [6, 6.07) is 5.74. The van der Waals surface area contributed by atoms with Crippen molar-refractivity contribution in [2.75, 3.05) is 7.11 Å². The Morgan fingerprint density at radius 2 is 2.29 bits per heavy atom. The van der Waals surface area contributed by atoms with Gasteiger partial charge < -0.3 is 4.74 Å². The predicted octanol–water partition coefficient (Wildman–Crippen LogP) is 1.55. The minimum absolute atomic E-state index is 0.105. The molecule has 1 aromatic heterocycles. The van der Waals surface area contributed by atoms with Crippen LogP contribution < -0.4 is 4.74 Å². The number of carbonyl (C=O) groups excluding carboxylic acids is 1. The van der Waals surface area contributed by atoms with Crippen molar-refractivity contribution < 1.29 is 9.53 Å². The Morgan fingerprint density at radius 1 is 1.47 bits per heavy atom. The molecule has 0 fully saturated rings. The van der Waals surface area contributed by atoms with Gasteiger partial charge in [0.25, 0.3) is 0 Å². The van der Waals surface area contributed by atoms with Gasteiger partial charge in [-0.1, -0.05) is 17.7 Å². The number of methoxy groups -OCH3 is 1. The molecule has 0 spiro atoms. The zero-order chi connectivity index (χ0) is 12.3. The summed E-state index contributed by atoms with van der Waals surface area (Å²) < 4.78 is 5.22. The van der Waals surface area contributed by atoms with Gasteiger partial charge in [0, 0.05) is 12.0 Å². The molecule has 2 rings (SSSR count). The van der Waals surface area contributed by atoms with Crippen LogP contribution in [0.5, 0.6) is 5.75 Å². The van der Waals surface area contributed by atoms with E-state index in [1.165, 1.54) is 6.33 Å². The van der Waals surface area contributed by atoms with Gasteiger partial charge in [0.15, 0.2) is 5.82 Å². The van der Waals surface area contributed by atoms with E-state index in [2.05, 4.69) is 15.2 Å². The third-order valence-electron chi connectivity index (χ3n) is 2.47. The number of hydrogen-bond acceptors (Lipinski definition) is 4. The van der Waals surface area contributed by atoms with Crippen LogP contribution in [-0.4, -0.2) is 28.1 Å². The number of ether oxygens (including phenoxy) is 1. The molecule has 2 aromatic rings. The number of Topliss-reactive ketones (excluding diaryl/α,β-unsaturated/α-hetero) is 1. The van der Waals surface area contributed by atoms with E-state index >= 15 is 0 Å². The first kappa shape index (κ1) is 11.3. The lowest BCUT2D eigenvalue weighted by Crippen LogP contribution is -2.07. The molecule has 0 aliphatic carbocycles. The Labute approximate surface area is 98.8 Å². The second kappa shape index (κ2) is 4.78. The summed E-state index contributed by atoms with van der Waals surface area (Å²) in [5, 5.41) is 6.21. The summed E-state index contributed by atoms with van der Waals surface area (Å²) in [4.78, 5) is 15.7. The standard InChI is InChI=1S/C12H13N3O2/c1-8-3-4-11(17-2)9(5-8)6-10(16)12-13-7-14-15-12/h3-5,7H,6H2,1-2H3,(H,13,14,15). The molecule has 17 heavy (non-hydrogen) atoms. The molecular formula is C12H13N3O2. The number of nitrogens with one attached hydrogen (secondary N) is 1. The van der Waals surface area contributed by atoms with Crippen LogP contribution in [0.25, 0.3) is 0 Å². The van der Waals surface area contributed by atoms with E-state index in [-0.39, 0.29) is 18.0 Å². The van der Waals surface area contributed by atoms with Crippen LogP contribution >= 0.6 is 0 Å². The van der Waals surface area contributed by atoms with Crippen LogP contribution in [0.2, 0.25) is 0 Å². The maximum atomic E-state index is 11.9. The van der Waals surface area contributed by atoms with Gasteiger partial charge in [0.05, 0.1) is 7.11 Å². The molecular weight excluding hydrogens is 218 g/mol. The fraction of sp³-hybridized carbons (Fsp3) is 0.250. The van der Waals surface area contributed by atoms with Crippen molar-refractivity contribution in [3.63, 3.8) is 0 Å². The van der Waals surface area contributed by atoms with E-state index in [4.69, 9.17) is 4.74 Å². The highest BCUT2D eigenvalue weighted by molar-refractivity contribution is 5.94. The summed E-state index contributed by atoms with van der Waals surface area (Å²) in [5.41, 5.74) is 1.94. The molecule has 0 saturated carbocycles. The molecule has 0 aliphatic rings. The number of aromatic nitrogens is 3. The Balaban J connectivity index is 2.23. The fourth-order valence-corrected chi connectivity index (χ4v) is 1.64. The number of hydrogen-bond donors (Lipinski definition) is 1. The average molecular weight is 231 g/mol. The summed E-state index contributed by atoms with van der Waals surface area (Å²) in [7, 11) is 1.59. The van der Waals surface area contributed by atoms with E-state index in [0.29, 0.717) is 5.75 Å². The van der Waals surface area contributed by atoms with Crippen LogP contribution in [-0.2, 0) is 6.42 Å². The van der Waals surface area contributed by atoms with Crippen molar-refractivity contribution in [2.24, 2.45) is 0 Å². The summed E-state index contributed by atoms with van der Waals surface area (Å²) >= 11 is 0. The molecule has 0 aliphatic heterocycles. The van der Waals surface area contributed by atoms with E-state index in [1.807, 2.05) is 25.1 Å². The monoisotopic (exact) mass is 231 g/mol. The van der Waals surface area contributed by atoms with E-state index in [1.54, 1.807) is 7.11 Å². The maximum Gasteiger partial charge on any atom is 0.204 e. The SMILES string of the molecule is COc1ccc(C)cc1CC(=O)c1ncn[nH]1. The second-order valence-electron chi connectivity index (χ2n) is 3.75. The maximum absolute atomic E-state index is 11.9. The van der Waals surface area contributed by atoms with Gasteiger partial charge in [-0.25, -0.2) is 4.98 Å². The van der Waals surface area contributed by atoms with Gasteiger partial charge >= 0.3 is 0 Å². The van der Waals surface area contributed by atoms with Crippen molar-refractivity contribution in [3.05, 3.63) is 41.5 Å². The quantitative estimate of drug-likeness (QED) is 0.810. The van der Waals surface area contributed by atoms with Gasteiger partial charge in [0.2, 0.25) is 5.78 Å². The predicted molar refractivity (Wildman–Crippen MR) is 62.1 cm³/mol. The normalized spacial score (nSPS) is 10.2. The number of nitrogens with zero attached hydrogens (tertiary/aromatic N) is 2. The lowest BCUT2D eigenvalue weighted by molar-refractivity contribution is 0.0982. The number of rotatable bonds is 4. The van der Waals surface area contributed by atoms with Gasteiger partial charge in [-0.2, -0.15) is 5.10 Å². The Morgan fingerprint density at radius 3 is 2.94 bits per heavy atom. The fourth-order valence-electron chi connectivity index (χ4n) is 1.64. The first-order valence-electron chi connectivity index (χ1n) is 5.23. The highest BCUT2D eigenvalue weighted by Crippen LogP contribution is 2.20. The molecule has 1 N–H and O–H groups in total. The lowest BCUT2D eigenvalue weighted by Gasteiger charge is -2.07. The topological polar surface area (TPSA) is 67.9 Å². The van der Waals surface area contributed by atoms with Crippen LogP contribution in [0.1, 0.15) is 21.7 Å². The van der Waals surface area contributed by atoms with Gasteiger partial charge in [-0.3, -0.25) is 9.89 Å². The lowest BCUT2D eigenvalue weighted by atomic mass is 10.0. The number of ketones is 1. The molecule has 88 valence electrons. The van der Waals surface area contributed by atoms with E-state index in [0.717, 1.165) is 11.1 Å². The first-order valence-corrected chi connectivity index (χ1v) is 5.23. The summed E-state index contributed by atoms with van der Waals surface area (Å²) in [6.07, 6.45) is 1.57.